The summed E-state index contributed by atoms with van der Waals surface area (Å²) in [4.78, 5) is 13.0. The molecule has 0 aliphatic carbocycles. The number of rotatable bonds is 2. The molecule has 0 radical (unpaired) electrons. The minimum absolute atomic E-state index is 0.00384. The van der Waals surface area contributed by atoms with E-state index in [4.69, 9.17) is 0 Å². The van der Waals surface area contributed by atoms with Gasteiger partial charge >= 0.3 is 6.09 Å². The number of benzene rings is 1. The number of hydrogen-bond donors (Lipinski definition) is 2. The van der Waals surface area contributed by atoms with Crippen LogP contribution in [0.1, 0.15) is 37.0 Å². The second-order valence-electron chi connectivity index (χ2n) is 6.08. The van der Waals surface area contributed by atoms with Gasteiger partial charge in [-0.15, -0.1) is 0 Å². The lowest BCUT2D eigenvalue weighted by Gasteiger charge is -2.28. The fraction of sp³-hybridized carbons (Fsp3) is 0.562. The van der Waals surface area contributed by atoms with Crippen LogP contribution < -0.4 is 0 Å². The average molecular weight is 277 g/mol. The van der Waals surface area contributed by atoms with E-state index in [9.17, 15) is 15.0 Å². The van der Waals surface area contributed by atoms with Gasteiger partial charge in [-0.25, -0.2) is 4.79 Å². The summed E-state index contributed by atoms with van der Waals surface area (Å²) in [6.45, 7) is 6.55. The summed E-state index contributed by atoms with van der Waals surface area (Å²) < 4.78 is 0. The van der Waals surface area contributed by atoms with E-state index in [1.54, 1.807) is 0 Å². The topological polar surface area (TPSA) is 60.8 Å². The second-order valence-corrected chi connectivity index (χ2v) is 6.08. The first-order chi connectivity index (χ1) is 9.40. The molecule has 1 heterocycles. The molecule has 1 aromatic rings. The van der Waals surface area contributed by atoms with Crippen LogP contribution in [0.15, 0.2) is 12.1 Å². The van der Waals surface area contributed by atoms with Crippen molar-refractivity contribution in [2.45, 2.75) is 46.1 Å². The van der Waals surface area contributed by atoms with Crippen LogP contribution in [-0.4, -0.2) is 33.8 Å². The van der Waals surface area contributed by atoms with Crippen molar-refractivity contribution in [3.63, 3.8) is 0 Å². The first kappa shape index (κ1) is 14.7. The standard InChI is InChI=1S/C16H23NO3/c1-10(2)8-13-9-12-5-4-11(3)15(18)14(12)6-7-17(13)16(19)20/h4-5,10,13,18H,6-9H2,1-3H3,(H,19,20). The van der Waals surface area contributed by atoms with Gasteiger partial charge in [0.1, 0.15) is 5.75 Å². The normalized spacial score (nSPS) is 18.8. The molecular formula is C16H23NO3. The lowest BCUT2D eigenvalue weighted by Crippen LogP contribution is -2.41. The summed E-state index contributed by atoms with van der Waals surface area (Å²) in [5.41, 5.74) is 2.86. The molecule has 1 unspecified atom stereocenters. The second kappa shape index (κ2) is 5.73. The zero-order valence-electron chi connectivity index (χ0n) is 12.4. The monoisotopic (exact) mass is 277 g/mol. The number of aryl methyl sites for hydroxylation is 1. The van der Waals surface area contributed by atoms with Gasteiger partial charge in [0, 0.05) is 12.6 Å². The molecule has 2 N–H and O–H groups in total. The first-order valence-corrected chi connectivity index (χ1v) is 7.20. The van der Waals surface area contributed by atoms with Crippen LogP contribution in [0.25, 0.3) is 0 Å². The molecule has 1 aliphatic heterocycles. The highest BCUT2D eigenvalue weighted by Gasteiger charge is 2.29. The maximum absolute atomic E-state index is 11.5. The third kappa shape index (κ3) is 2.89. The van der Waals surface area contributed by atoms with E-state index >= 15 is 0 Å². The Morgan fingerprint density at radius 2 is 2.15 bits per heavy atom. The zero-order valence-corrected chi connectivity index (χ0v) is 12.4. The van der Waals surface area contributed by atoms with Crippen molar-refractivity contribution >= 4 is 6.09 Å². The molecule has 1 amide bonds. The van der Waals surface area contributed by atoms with Gasteiger partial charge < -0.3 is 15.1 Å². The highest BCUT2D eigenvalue weighted by Crippen LogP contribution is 2.31. The fourth-order valence-corrected chi connectivity index (χ4v) is 3.05. The van der Waals surface area contributed by atoms with Crippen LogP contribution in [0.4, 0.5) is 4.79 Å². The number of carbonyl (C=O) groups is 1. The van der Waals surface area contributed by atoms with Crippen molar-refractivity contribution in [3.05, 3.63) is 28.8 Å². The van der Waals surface area contributed by atoms with Gasteiger partial charge in [0.2, 0.25) is 0 Å². The van der Waals surface area contributed by atoms with Gasteiger partial charge in [-0.2, -0.15) is 0 Å². The van der Waals surface area contributed by atoms with Crippen molar-refractivity contribution < 1.29 is 15.0 Å². The maximum Gasteiger partial charge on any atom is 0.407 e. The van der Waals surface area contributed by atoms with E-state index in [-0.39, 0.29) is 6.04 Å². The minimum atomic E-state index is -0.861. The number of hydrogen-bond acceptors (Lipinski definition) is 2. The number of carboxylic acid groups (broad SMARTS) is 1. The molecule has 4 heteroatoms. The van der Waals surface area contributed by atoms with Crippen molar-refractivity contribution in [3.8, 4) is 5.75 Å². The molecule has 0 aromatic heterocycles. The number of phenols is 1. The zero-order chi connectivity index (χ0) is 14.9. The smallest absolute Gasteiger partial charge is 0.407 e. The van der Waals surface area contributed by atoms with Gasteiger partial charge in [-0.05, 0) is 48.8 Å². The molecule has 4 nitrogen and oxygen atoms in total. The molecule has 0 saturated heterocycles. The van der Waals surface area contributed by atoms with Gasteiger partial charge in [0.05, 0.1) is 0 Å². The van der Waals surface area contributed by atoms with Crippen LogP contribution in [0.2, 0.25) is 0 Å². The quantitative estimate of drug-likeness (QED) is 0.872. The third-order valence-electron chi connectivity index (χ3n) is 4.07. The number of phenolic OH excluding ortho intramolecular Hbond substituents is 1. The number of amides is 1. The molecule has 1 atom stereocenters. The lowest BCUT2D eigenvalue weighted by atomic mass is 9.93. The summed E-state index contributed by atoms with van der Waals surface area (Å²) >= 11 is 0. The molecule has 1 aliphatic rings. The third-order valence-corrected chi connectivity index (χ3v) is 4.07. The molecular weight excluding hydrogens is 254 g/mol. The van der Waals surface area contributed by atoms with E-state index in [0.717, 1.165) is 23.1 Å². The largest absolute Gasteiger partial charge is 0.507 e. The highest BCUT2D eigenvalue weighted by molar-refractivity contribution is 5.66. The predicted molar refractivity (Wildman–Crippen MR) is 78.2 cm³/mol. The van der Waals surface area contributed by atoms with Crippen LogP contribution in [0.5, 0.6) is 5.75 Å². The van der Waals surface area contributed by atoms with E-state index in [1.165, 1.54) is 4.90 Å². The molecule has 2 rings (SSSR count). The summed E-state index contributed by atoms with van der Waals surface area (Å²) in [6.07, 6.45) is 1.26. The maximum atomic E-state index is 11.5. The van der Waals surface area contributed by atoms with E-state index < -0.39 is 6.09 Å². The van der Waals surface area contributed by atoms with Crippen molar-refractivity contribution in [2.75, 3.05) is 6.54 Å². The van der Waals surface area contributed by atoms with E-state index in [2.05, 4.69) is 13.8 Å². The first-order valence-electron chi connectivity index (χ1n) is 7.20. The lowest BCUT2D eigenvalue weighted by molar-refractivity contribution is 0.120. The molecule has 110 valence electrons. The van der Waals surface area contributed by atoms with Gasteiger partial charge in [0.25, 0.3) is 0 Å². The molecule has 20 heavy (non-hydrogen) atoms. The Bertz CT molecular complexity index is 511. The van der Waals surface area contributed by atoms with Gasteiger partial charge in [-0.3, -0.25) is 0 Å². The van der Waals surface area contributed by atoms with Crippen LogP contribution in [0, 0.1) is 12.8 Å². The van der Waals surface area contributed by atoms with Crippen molar-refractivity contribution in [2.24, 2.45) is 5.92 Å². The Morgan fingerprint density at radius 1 is 1.45 bits per heavy atom. The van der Waals surface area contributed by atoms with Crippen molar-refractivity contribution in [1.29, 1.82) is 0 Å². The Kier molecular flexibility index (Phi) is 4.21. The Balaban J connectivity index is 2.36. The molecule has 0 fully saturated rings. The van der Waals surface area contributed by atoms with E-state index in [1.807, 2.05) is 19.1 Å². The SMILES string of the molecule is Cc1ccc2c(c1O)CCN(C(=O)O)C(CC(C)C)C2. The van der Waals surface area contributed by atoms with Gasteiger partial charge in [-0.1, -0.05) is 26.0 Å². The fourth-order valence-electron chi connectivity index (χ4n) is 3.05. The molecule has 0 bridgehead atoms. The summed E-state index contributed by atoms with van der Waals surface area (Å²) in [7, 11) is 0. The number of nitrogens with zero attached hydrogens (tertiary/aromatic N) is 1. The van der Waals surface area contributed by atoms with Crippen LogP contribution >= 0.6 is 0 Å². The molecule has 0 saturated carbocycles. The predicted octanol–water partition coefficient (Wildman–Crippen LogP) is 3.19. The minimum Gasteiger partial charge on any atom is -0.507 e. The Morgan fingerprint density at radius 3 is 2.75 bits per heavy atom. The highest BCUT2D eigenvalue weighted by atomic mass is 16.4. The van der Waals surface area contributed by atoms with Crippen molar-refractivity contribution in [1.82, 2.24) is 4.90 Å². The molecule has 0 spiro atoms. The summed E-state index contributed by atoms with van der Waals surface area (Å²) in [5.74, 6) is 0.778. The van der Waals surface area contributed by atoms with Crippen LogP contribution in [0.3, 0.4) is 0 Å². The number of fused-ring (bicyclic) bond motifs is 1. The Hall–Kier alpha value is -1.71. The van der Waals surface area contributed by atoms with Gasteiger partial charge in [0.15, 0.2) is 0 Å². The number of aromatic hydroxyl groups is 1. The Labute approximate surface area is 120 Å². The van der Waals surface area contributed by atoms with Crippen LogP contribution in [-0.2, 0) is 12.8 Å². The van der Waals surface area contributed by atoms with E-state index in [0.29, 0.717) is 31.1 Å². The summed E-state index contributed by atoms with van der Waals surface area (Å²) in [5, 5.41) is 19.6. The average Bonchev–Trinajstić information content (AvgIpc) is 2.53. The summed E-state index contributed by atoms with van der Waals surface area (Å²) in [6, 6.07) is 3.94. The molecule has 1 aromatic carbocycles.